The van der Waals surface area contributed by atoms with Crippen molar-refractivity contribution in [2.75, 3.05) is 14.2 Å². The van der Waals surface area contributed by atoms with Crippen molar-refractivity contribution in [3.05, 3.63) is 66.2 Å². The molecule has 0 saturated carbocycles. The summed E-state index contributed by atoms with van der Waals surface area (Å²) in [5.41, 5.74) is 1.33. The average molecular weight is 389 g/mol. The van der Waals surface area contributed by atoms with E-state index in [0.717, 1.165) is 5.56 Å². The van der Waals surface area contributed by atoms with Crippen molar-refractivity contribution in [1.82, 2.24) is 0 Å². The van der Waals surface area contributed by atoms with E-state index in [0.29, 0.717) is 22.8 Å². The Bertz CT molecular complexity index is 787. The standard InChI is InChI=1S/C19H17BrO4/c1-4-14(12-8-6-5-7-9-12)19(20)18(21)17-15(23-3)10-13(22-2)11-16(17)24-19/h4-11,14H,1H2,2-3H3/t14-,19+/m1/s1. The number of methoxy groups -OCH3 is 2. The first kappa shape index (κ1) is 16.6. The van der Waals surface area contributed by atoms with Crippen LogP contribution in [0.15, 0.2) is 55.1 Å². The molecule has 0 aliphatic carbocycles. The number of ketones is 1. The highest BCUT2D eigenvalue weighted by molar-refractivity contribution is 9.10. The molecule has 1 aliphatic rings. The van der Waals surface area contributed by atoms with Gasteiger partial charge in [0.05, 0.1) is 20.1 Å². The van der Waals surface area contributed by atoms with Crippen LogP contribution in [0.3, 0.4) is 0 Å². The van der Waals surface area contributed by atoms with Crippen molar-refractivity contribution in [2.45, 2.75) is 10.4 Å². The second-order valence-corrected chi connectivity index (χ2v) is 6.58. The summed E-state index contributed by atoms with van der Waals surface area (Å²) in [6.07, 6.45) is 1.71. The Labute approximate surface area is 149 Å². The number of carbonyl (C=O) groups is 1. The minimum Gasteiger partial charge on any atom is -0.496 e. The van der Waals surface area contributed by atoms with Gasteiger partial charge in [-0.1, -0.05) is 36.4 Å². The molecule has 124 valence electrons. The van der Waals surface area contributed by atoms with Crippen molar-refractivity contribution >= 4 is 21.7 Å². The van der Waals surface area contributed by atoms with Gasteiger partial charge in [0, 0.05) is 12.1 Å². The molecule has 0 unspecified atom stereocenters. The van der Waals surface area contributed by atoms with Gasteiger partial charge in [-0.05, 0) is 21.5 Å². The average Bonchev–Trinajstić information content (AvgIpc) is 2.87. The monoisotopic (exact) mass is 388 g/mol. The zero-order valence-corrected chi connectivity index (χ0v) is 15.0. The third-order valence-electron chi connectivity index (χ3n) is 4.08. The Morgan fingerprint density at radius 1 is 1.21 bits per heavy atom. The lowest BCUT2D eigenvalue weighted by molar-refractivity contribution is 0.0790. The predicted molar refractivity (Wildman–Crippen MR) is 95.5 cm³/mol. The van der Waals surface area contributed by atoms with Gasteiger partial charge in [0.25, 0.3) is 0 Å². The van der Waals surface area contributed by atoms with Crippen LogP contribution in [0.1, 0.15) is 21.8 Å². The summed E-state index contributed by atoms with van der Waals surface area (Å²) in [5.74, 6) is 0.840. The molecule has 1 aliphatic heterocycles. The van der Waals surface area contributed by atoms with E-state index in [-0.39, 0.29) is 11.7 Å². The van der Waals surface area contributed by atoms with Gasteiger partial charge >= 0.3 is 0 Å². The Hall–Kier alpha value is -2.27. The van der Waals surface area contributed by atoms with Gasteiger partial charge in [-0.3, -0.25) is 4.79 Å². The molecule has 0 spiro atoms. The van der Waals surface area contributed by atoms with Crippen LogP contribution in [-0.2, 0) is 0 Å². The lowest BCUT2D eigenvalue weighted by atomic mass is 9.89. The van der Waals surface area contributed by atoms with Gasteiger partial charge in [-0.15, -0.1) is 6.58 Å². The number of alkyl halides is 1. The fourth-order valence-corrected chi connectivity index (χ4v) is 3.72. The third kappa shape index (κ3) is 2.49. The minimum absolute atomic E-state index is 0.203. The van der Waals surface area contributed by atoms with Crippen LogP contribution in [0, 0.1) is 0 Å². The van der Waals surface area contributed by atoms with Crippen LogP contribution >= 0.6 is 15.9 Å². The van der Waals surface area contributed by atoms with E-state index in [9.17, 15) is 4.79 Å². The molecule has 1 heterocycles. The smallest absolute Gasteiger partial charge is 0.236 e. The maximum atomic E-state index is 13.1. The maximum absolute atomic E-state index is 13.1. The molecule has 0 aromatic heterocycles. The van der Waals surface area contributed by atoms with E-state index in [2.05, 4.69) is 22.5 Å². The first-order chi connectivity index (χ1) is 11.5. The molecule has 0 N–H and O–H groups in total. The number of carbonyl (C=O) groups excluding carboxylic acids is 1. The number of halogens is 1. The summed E-state index contributed by atoms with van der Waals surface area (Å²) < 4.78 is 15.4. The van der Waals surface area contributed by atoms with Crippen LogP contribution < -0.4 is 14.2 Å². The van der Waals surface area contributed by atoms with Crippen LogP contribution in [0.4, 0.5) is 0 Å². The van der Waals surface area contributed by atoms with E-state index in [1.165, 1.54) is 7.11 Å². The number of ether oxygens (including phenoxy) is 3. The lowest BCUT2D eigenvalue weighted by Crippen LogP contribution is -2.39. The molecule has 5 heteroatoms. The Kier molecular flexibility index (Phi) is 4.37. The van der Waals surface area contributed by atoms with Crippen LogP contribution in [-0.4, -0.2) is 24.5 Å². The maximum Gasteiger partial charge on any atom is 0.236 e. The highest BCUT2D eigenvalue weighted by atomic mass is 79.9. The number of rotatable bonds is 5. The first-order valence-electron chi connectivity index (χ1n) is 7.41. The topological polar surface area (TPSA) is 44.8 Å². The van der Waals surface area contributed by atoms with Gasteiger partial charge in [0.1, 0.15) is 22.8 Å². The Morgan fingerprint density at radius 3 is 2.50 bits per heavy atom. The summed E-state index contributed by atoms with van der Waals surface area (Å²) in [4.78, 5) is 13.1. The molecular weight excluding hydrogens is 372 g/mol. The fraction of sp³-hybridized carbons (Fsp3) is 0.211. The molecule has 3 rings (SSSR count). The zero-order chi connectivity index (χ0) is 17.3. The number of hydrogen-bond acceptors (Lipinski definition) is 4. The quantitative estimate of drug-likeness (QED) is 0.564. The summed E-state index contributed by atoms with van der Waals surface area (Å²) >= 11 is 3.53. The van der Waals surface area contributed by atoms with E-state index in [4.69, 9.17) is 14.2 Å². The number of Topliss-reactive ketones (excluding diaryl/α,β-unsaturated/α-hetero) is 1. The van der Waals surface area contributed by atoms with Crippen LogP contribution in [0.2, 0.25) is 0 Å². The lowest BCUT2D eigenvalue weighted by Gasteiger charge is -2.28. The molecule has 0 radical (unpaired) electrons. The van der Waals surface area contributed by atoms with E-state index < -0.39 is 4.51 Å². The van der Waals surface area contributed by atoms with Crippen LogP contribution in [0.25, 0.3) is 0 Å². The van der Waals surface area contributed by atoms with Gasteiger partial charge in [-0.2, -0.15) is 0 Å². The number of fused-ring (bicyclic) bond motifs is 1. The van der Waals surface area contributed by atoms with Crippen molar-refractivity contribution < 1.29 is 19.0 Å². The third-order valence-corrected chi connectivity index (χ3v) is 5.10. The molecule has 2 aromatic rings. The molecule has 2 atom stereocenters. The molecule has 0 saturated heterocycles. The summed E-state index contributed by atoms with van der Waals surface area (Å²) in [5, 5.41) is 0. The van der Waals surface area contributed by atoms with Gasteiger partial charge in [-0.25, -0.2) is 0 Å². The molecular formula is C19H17BrO4. The SMILES string of the molecule is C=C[C@H](c1ccccc1)[C@]1(Br)Oc2cc(OC)cc(OC)c2C1=O. The largest absolute Gasteiger partial charge is 0.496 e. The van der Waals surface area contributed by atoms with E-state index in [1.54, 1.807) is 25.3 Å². The minimum atomic E-state index is -1.27. The highest BCUT2D eigenvalue weighted by Crippen LogP contribution is 2.51. The summed E-state index contributed by atoms with van der Waals surface area (Å²) in [6.45, 7) is 3.88. The van der Waals surface area contributed by atoms with Gasteiger partial charge < -0.3 is 14.2 Å². The highest BCUT2D eigenvalue weighted by Gasteiger charge is 2.53. The molecule has 4 nitrogen and oxygen atoms in total. The second kappa shape index (κ2) is 6.32. The van der Waals surface area contributed by atoms with Gasteiger partial charge in [0.2, 0.25) is 10.3 Å². The second-order valence-electron chi connectivity index (χ2n) is 5.40. The summed E-state index contributed by atoms with van der Waals surface area (Å²) in [6, 6.07) is 13.0. The van der Waals surface area contributed by atoms with Crippen molar-refractivity contribution in [3.63, 3.8) is 0 Å². The molecule has 2 aromatic carbocycles. The Morgan fingerprint density at radius 2 is 1.92 bits per heavy atom. The Balaban J connectivity index is 2.10. The normalized spacial score (nSPS) is 20.0. The number of benzene rings is 2. The molecule has 0 amide bonds. The van der Waals surface area contributed by atoms with Crippen molar-refractivity contribution in [1.29, 1.82) is 0 Å². The van der Waals surface area contributed by atoms with Crippen LogP contribution in [0.5, 0.6) is 17.2 Å². The fourth-order valence-electron chi connectivity index (χ4n) is 2.89. The van der Waals surface area contributed by atoms with E-state index >= 15 is 0 Å². The number of hydrogen-bond donors (Lipinski definition) is 0. The first-order valence-corrected chi connectivity index (χ1v) is 8.20. The molecule has 0 bridgehead atoms. The summed E-state index contributed by atoms with van der Waals surface area (Å²) in [7, 11) is 3.06. The predicted octanol–water partition coefficient (Wildman–Crippen LogP) is 4.34. The van der Waals surface area contributed by atoms with Gasteiger partial charge in [0.15, 0.2) is 0 Å². The molecule has 24 heavy (non-hydrogen) atoms. The van der Waals surface area contributed by atoms with Crippen molar-refractivity contribution in [3.8, 4) is 17.2 Å². The van der Waals surface area contributed by atoms with E-state index in [1.807, 2.05) is 30.3 Å². The van der Waals surface area contributed by atoms with Crippen molar-refractivity contribution in [2.24, 2.45) is 0 Å². The molecule has 0 fully saturated rings. The zero-order valence-electron chi connectivity index (χ0n) is 13.4.